The number of rotatable bonds is 9. The second-order valence-corrected chi connectivity index (χ2v) is 6.76. The molecule has 0 aromatic heterocycles. The van der Waals surface area contributed by atoms with E-state index in [1.54, 1.807) is 31.2 Å². The summed E-state index contributed by atoms with van der Waals surface area (Å²) in [6.07, 6.45) is 0.406. The molecule has 2 aromatic rings. The second-order valence-electron chi connectivity index (χ2n) is 6.76. The van der Waals surface area contributed by atoms with Gasteiger partial charge in [-0.2, -0.15) is 0 Å². The Balaban J connectivity index is 1.90. The minimum atomic E-state index is -0.611. The van der Waals surface area contributed by atoms with Crippen LogP contribution >= 0.6 is 0 Å². The zero-order valence-electron chi connectivity index (χ0n) is 16.9. The highest BCUT2D eigenvalue weighted by Crippen LogP contribution is 2.17. The molecule has 0 spiro atoms. The van der Waals surface area contributed by atoms with E-state index >= 15 is 0 Å². The first-order valence-electron chi connectivity index (χ1n) is 9.19. The number of carbonyl (C=O) groups excluding carboxylic acids is 4. The molecule has 2 aromatic carbocycles. The number of aryl methyl sites for hydroxylation is 1. The van der Waals surface area contributed by atoms with Gasteiger partial charge < -0.3 is 9.47 Å². The van der Waals surface area contributed by atoms with Gasteiger partial charge in [0, 0.05) is 23.1 Å². The quantitative estimate of drug-likeness (QED) is 0.205. The molecule has 0 aliphatic rings. The van der Waals surface area contributed by atoms with Gasteiger partial charge in [-0.15, -0.1) is 0 Å². The topological polar surface area (TPSA) is 86.7 Å². The standard InChI is InChI=1S/C24H22O6/c1-15(2)23(27)29-19-10-5-17(6-11-19)7-14-21(25)22(26)18-8-12-20(13-9-18)30-24(28)16(3)4/h5-6,8-13H,1,3,7,14H2,2,4H3. The maximum Gasteiger partial charge on any atom is 0.338 e. The van der Waals surface area contributed by atoms with E-state index in [9.17, 15) is 19.2 Å². The lowest BCUT2D eigenvalue weighted by molar-refractivity contribution is -0.130. The molecule has 0 radical (unpaired) electrons. The van der Waals surface area contributed by atoms with Crippen molar-refractivity contribution in [2.75, 3.05) is 0 Å². The third-order valence-electron chi connectivity index (χ3n) is 4.05. The fourth-order valence-corrected chi connectivity index (χ4v) is 2.32. The molecule has 154 valence electrons. The van der Waals surface area contributed by atoms with Crippen LogP contribution in [-0.4, -0.2) is 23.5 Å². The van der Waals surface area contributed by atoms with Gasteiger partial charge in [-0.05, 0) is 62.2 Å². The molecule has 6 nitrogen and oxygen atoms in total. The smallest absolute Gasteiger partial charge is 0.338 e. The highest BCUT2D eigenvalue weighted by atomic mass is 16.5. The van der Waals surface area contributed by atoms with Gasteiger partial charge in [0.15, 0.2) is 0 Å². The van der Waals surface area contributed by atoms with E-state index < -0.39 is 23.5 Å². The Hall–Kier alpha value is -3.80. The summed E-state index contributed by atoms with van der Waals surface area (Å²) in [7, 11) is 0. The number of carbonyl (C=O) groups is 4. The van der Waals surface area contributed by atoms with Crippen molar-refractivity contribution in [3.05, 3.63) is 84.0 Å². The molecule has 0 saturated carbocycles. The van der Waals surface area contributed by atoms with Gasteiger partial charge in [0.05, 0.1) is 0 Å². The Morgan fingerprint density at radius 1 is 0.733 bits per heavy atom. The van der Waals surface area contributed by atoms with Gasteiger partial charge in [-0.25, -0.2) is 9.59 Å². The molecular formula is C24H22O6. The number of ether oxygens (including phenoxy) is 2. The summed E-state index contributed by atoms with van der Waals surface area (Å²) >= 11 is 0. The van der Waals surface area contributed by atoms with Crippen LogP contribution in [0.15, 0.2) is 72.8 Å². The average Bonchev–Trinajstić information content (AvgIpc) is 2.72. The third kappa shape index (κ3) is 6.38. The largest absolute Gasteiger partial charge is 0.423 e. The molecule has 0 fully saturated rings. The summed E-state index contributed by atoms with van der Waals surface area (Å²) in [5.74, 6) is -1.57. The predicted molar refractivity (Wildman–Crippen MR) is 111 cm³/mol. The normalized spacial score (nSPS) is 10.1. The molecule has 0 unspecified atom stereocenters. The molecule has 0 bridgehead atoms. The van der Waals surface area contributed by atoms with Crippen molar-refractivity contribution in [2.24, 2.45) is 0 Å². The lowest BCUT2D eigenvalue weighted by Crippen LogP contribution is -2.15. The number of benzene rings is 2. The summed E-state index contributed by atoms with van der Waals surface area (Å²) in [5.41, 5.74) is 1.60. The van der Waals surface area contributed by atoms with Crippen LogP contribution in [-0.2, 0) is 20.8 Å². The average molecular weight is 406 g/mol. The molecule has 0 heterocycles. The lowest BCUT2D eigenvalue weighted by atomic mass is 10.0. The maximum atomic E-state index is 12.3. The molecule has 2 rings (SSSR count). The Bertz CT molecular complexity index is 997. The molecular weight excluding hydrogens is 384 g/mol. The highest BCUT2D eigenvalue weighted by molar-refractivity contribution is 6.43. The van der Waals surface area contributed by atoms with E-state index in [4.69, 9.17) is 9.47 Å². The van der Waals surface area contributed by atoms with Crippen molar-refractivity contribution < 1.29 is 28.7 Å². The van der Waals surface area contributed by atoms with Crippen LogP contribution in [0.4, 0.5) is 0 Å². The minimum Gasteiger partial charge on any atom is -0.423 e. The molecule has 30 heavy (non-hydrogen) atoms. The summed E-state index contributed by atoms with van der Waals surface area (Å²) in [4.78, 5) is 47.5. The van der Waals surface area contributed by atoms with E-state index in [-0.39, 0.29) is 23.3 Å². The molecule has 0 amide bonds. The summed E-state index contributed by atoms with van der Waals surface area (Å²) in [5, 5.41) is 0. The van der Waals surface area contributed by atoms with E-state index in [1.165, 1.54) is 31.2 Å². The second kappa shape index (κ2) is 10.1. The maximum absolute atomic E-state index is 12.3. The monoisotopic (exact) mass is 406 g/mol. The Kier molecular flexibility index (Phi) is 7.58. The van der Waals surface area contributed by atoms with Crippen molar-refractivity contribution >= 4 is 23.5 Å². The fraction of sp³-hybridized carbons (Fsp3) is 0.167. The Morgan fingerprint density at radius 3 is 1.60 bits per heavy atom. The van der Waals surface area contributed by atoms with Crippen molar-refractivity contribution in [3.63, 3.8) is 0 Å². The van der Waals surface area contributed by atoms with Crippen molar-refractivity contribution in [2.45, 2.75) is 26.7 Å². The number of esters is 2. The zero-order chi connectivity index (χ0) is 22.3. The summed E-state index contributed by atoms with van der Waals surface area (Å²) in [6, 6.07) is 12.5. The number of Topliss-reactive ketones (excluding diaryl/α,β-unsaturated/α-hetero) is 2. The van der Waals surface area contributed by atoms with Gasteiger partial charge in [-0.1, -0.05) is 25.3 Å². The Labute approximate surface area is 174 Å². The zero-order valence-corrected chi connectivity index (χ0v) is 16.9. The first kappa shape index (κ1) is 22.5. The van der Waals surface area contributed by atoms with Crippen LogP contribution in [0.3, 0.4) is 0 Å². The SMILES string of the molecule is C=C(C)C(=O)Oc1ccc(CCC(=O)C(=O)c2ccc(OC(=O)C(=C)C)cc2)cc1. The fourth-order valence-electron chi connectivity index (χ4n) is 2.32. The van der Waals surface area contributed by atoms with Crippen LogP contribution in [0.2, 0.25) is 0 Å². The van der Waals surface area contributed by atoms with Gasteiger partial charge in [0.1, 0.15) is 11.5 Å². The number of ketones is 2. The molecule has 6 heteroatoms. The molecule has 0 aliphatic heterocycles. The van der Waals surface area contributed by atoms with Gasteiger partial charge in [0.2, 0.25) is 11.6 Å². The van der Waals surface area contributed by atoms with Crippen LogP contribution in [0.1, 0.15) is 36.2 Å². The van der Waals surface area contributed by atoms with E-state index in [2.05, 4.69) is 13.2 Å². The van der Waals surface area contributed by atoms with Crippen LogP contribution in [0.5, 0.6) is 11.5 Å². The van der Waals surface area contributed by atoms with Gasteiger partial charge in [-0.3, -0.25) is 9.59 Å². The van der Waals surface area contributed by atoms with Crippen LogP contribution < -0.4 is 9.47 Å². The minimum absolute atomic E-state index is 0.0378. The van der Waals surface area contributed by atoms with Gasteiger partial charge >= 0.3 is 11.9 Å². The predicted octanol–water partition coefficient (Wildman–Crippen LogP) is 4.03. The third-order valence-corrected chi connectivity index (χ3v) is 4.05. The lowest BCUT2D eigenvalue weighted by Gasteiger charge is -2.06. The van der Waals surface area contributed by atoms with E-state index in [1.807, 2.05) is 0 Å². The van der Waals surface area contributed by atoms with Crippen molar-refractivity contribution in [3.8, 4) is 11.5 Å². The highest BCUT2D eigenvalue weighted by Gasteiger charge is 2.16. The number of hydrogen-bond donors (Lipinski definition) is 0. The van der Waals surface area contributed by atoms with Gasteiger partial charge in [0.25, 0.3) is 0 Å². The molecule has 0 atom stereocenters. The van der Waals surface area contributed by atoms with E-state index in [0.717, 1.165) is 5.56 Å². The van der Waals surface area contributed by atoms with Crippen molar-refractivity contribution in [1.82, 2.24) is 0 Å². The van der Waals surface area contributed by atoms with E-state index in [0.29, 0.717) is 17.7 Å². The molecule has 0 N–H and O–H groups in total. The number of hydrogen-bond acceptors (Lipinski definition) is 6. The molecule has 0 aliphatic carbocycles. The van der Waals surface area contributed by atoms with Crippen LogP contribution in [0, 0.1) is 0 Å². The first-order valence-corrected chi connectivity index (χ1v) is 9.19. The summed E-state index contributed by atoms with van der Waals surface area (Å²) < 4.78 is 10.2. The van der Waals surface area contributed by atoms with Crippen molar-refractivity contribution in [1.29, 1.82) is 0 Å². The molecule has 0 saturated heterocycles. The first-order chi connectivity index (χ1) is 14.2. The summed E-state index contributed by atoms with van der Waals surface area (Å²) in [6.45, 7) is 10.1. The Morgan fingerprint density at radius 2 is 1.17 bits per heavy atom. The van der Waals surface area contributed by atoms with Crippen LogP contribution in [0.25, 0.3) is 0 Å².